The van der Waals surface area contributed by atoms with Gasteiger partial charge in [-0.25, -0.2) is 0 Å². The van der Waals surface area contributed by atoms with Crippen LogP contribution in [0.3, 0.4) is 0 Å². The largest absolute Gasteiger partial charge is 0.275 e. The molecule has 14 heavy (non-hydrogen) atoms. The number of hydrogen-bond donors (Lipinski definition) is 0. The number of imide groups is 1. The molecule has 1 aromatic carbocycles. The molecule has 1 aliphatic rings. The zero-order valence-electron chi connectivity index (χ0n) is 7.58. The lowest BCUT2D eigenvalue weighted by molar-refractivity contribution is -0.126. The first-order valence-corrected chi connectivity index (χ1v) is 4.59. The molecule has 1 heterocycles. The van der Waals surface area contributed by atoms with Crippen LogP contribution in [0, 0.1) is 0 Å². The molecule has 0 radical (unpaired) electrons. The van der Waals surface area contributed by atoms with Crippen molar-refractivity contribution in [1.29, 1.82) is 0 Å². The molecule has 1 aromatic rings. The highest BCUT2D eigenvalue weighted by molar-refractivity contribution is 6.32. The number of carbonyl (C=O) groups excluding carboxylic acids is 2. The van der Waals surface area contributed by atoms with Crippen LogP contribution in [-0.4, -0.2) is 16.7 Å². The molecule has 0 fully saturated rings. The molecule has 1 aliphatic heterocycles. The summed E-state index contributed by atoms with van der Waals surface area (Å²) in [5, 5.41) is 0.541. The zero-order valence-corrected chi connectivity index (χ0v) is 8.34. The molecule has 0 saturated carbocycles. The normalized spacial score (nSPS) is 14.4. The van der Waals surface area contributed by atoms with Gasteiger partial charge in [0.05, 0.1) is 6.54 Å². The fourth-order valence-corrected chi connectivity index (χ4v) is 1.78. The maximum atomic E-state index is 11.6. The summed E-state index contributed by atoms with van der Waals surface area (Å²) in [5.41, 5.74) is 1.28. The second-order valence-corrected chi connectivity index (χ2v) is 3.58. The van der Waals surface area contributed by atoms with Crippen molar-refractivity contribution < 1.29 is 9.59 Å². The Kier molecular flexibility index (Phi) is 2.04. The molecule has 0 aromatic heterocycles. The van der Waals surface area contributed by atoms with Crippen molar-refractivity contribution in [3.05, 3.63) is 34.3 Å². The molecule has 72 valence electrons. The second-order valence-electron chi connectivity index (χ2n) is 3.18. The first-order chi connectivity index (χ1) is 6.61. The second kappa shape index (κ2) is 3.10. The van der Waals surface area contributed by atoms with Crippen LogP contribution in [0.1, 0.15) is 22.8 Å². The predicted molar refractivity (Wildman–Crippen MR) is 52.0 cm³/mol. The van der Waals surface area contributed by atoms with E-state index >= 15 is 0 Å². The summed E-state index contributed by atoms with van der Waals surface area (Å²) in [6, 6.07) is 5.12. The summed E-state index contributed by atoms with van der Waals surface area (Å²) in [7, 11) is 0. The number of carbonyl (C=O) groups is 2. The summed E-state index contributed by atoms with van der Waals surface area (Å²) in [4.78, 5) is 23.9. The Bertz CT molecular complexity index is 428. The maximum absolute atomic E-state index is 11.6. The Morgan fingerprint density at radius 3 is 2.79 bits per heavy atom. The van der Waals surface area contributed by atoms with E-state index in [0.29, 0.717) is 17.1 Å². The number of hydrogen-bond acceptors (Lipinski definition) is 2. The van der Waals surface area contributed by atoms with Crippen molar-refractivity contribution in [2.45, 2.75) is 13.5 Å². The third-order valence-electron chi connectivity index (χ3n) is 2.29. The van der Waals surface area contributed by atoms with Crippen LogP contribution in [0.5, 0.6) is 0 Å². The minimum atomic E-state index is -0.255. The monoisotopic (exact) mass is 209 g/mol. The molecule has 0 N–H and O–H groups in total. The number of fused-ring (bicyclic) bond motifs is 1. The van der Waals surface area contributed by atoms with Gasteiger partial charge in [-0.2, -0.15) is 0 Å². The van der Waals surface area contributed by atoms with Crippen LogP contribution >= 0.6 is 11.6 Å². The van der Waals surface area contributed by atoms with Gasteiger partial charge in [0.2, 0.25) is 5.91 Å². The Morgan fingerprint density at radius 1 is 1.50 bits per heavy atom. The van der Waals surface area contributed by atoms with E-state index < -0.39 is 0 Å². The lowest BCUT2D eigenvalue weighted by Gasteiger charge is -2.09. The lowest BCUT2D eigenvalue weighted by atomic mass is 10.1. The summed E-state index contributed by atoms with van der Waals surface area (Å²) < 4.78 is 0. The van der Waals surface area contributed by atoms with E-state index in [1.807, 2.05) is 0 Å². The number of rotatable bonds is 0. The van der Waals surface area contributed by atoms with E-state index in [9.17, 15) is 9.59 Å². The van der Waals surface area contributed by atoms with Gasteiger partial charge in [-0.05, 0) is 12.1 Å². The highest BCUT2D eigenvalue weighted by atomic mass is 35.5. The molecule has 0 saturated heterocycles. The van der Waals surface area contributed by atoms with Crippen molar-refractivity contribution in [3.63, 3.8) is 0 Å². The molecule has 0 aliphatic carbocycles. The highest BCUT2D eigenvalue weighted by Gasteiger charge is 2.31. The average molecular weight is 210 g/mol. The first-order valence-electron chi connectivity index (χ1n) is 4.21. The third kappa shape index (κ3) is 1.21. The molecule has 0 bridgehead atoms. The van der Waals surface area contributed by atoms with Crippen LogP contribution in [0.15, 0.2) is 18.2 Å². The SMILES string of the molecule is CC(=O)N1Cc2c(Cl)cccc2C1=O. The number of benzene rings is 1. The van der Waals surface area contributed by atoms with Crippen molar-refractivity contribution in [2.75, 3.05) is 0 Å². The van der Waals surface area contributed by atoms with Gasteiger partial charge >= 0.3 is 0 Å². The zero-order chi connectivity index (χ0) is 10.3. The van der Waals surface area contributed by atoms with Crippen molar-refractivity contribution in [1.82, 2.24) is 4.90 Å². The van der Waals surface area contributed by atoms with Crippen LogP contribution in [0.2, 0.25) is 5.02 Å². The van der Waals surface area contributed by atoms with Crippen LogP contribution in [0.4, 0.5) is 0 Å². The summed E-state index contributed by atoms with van der Waals surface area (Å²) in [6.45, 7) is 1.67. The van der Waals surface area contributed by atoms with Gasteiger partial charge in [0.15, 0.2) is 0 Å². The van der Waals surface area contributed by atoms with E-state index in [2.05, 4.69) is 0 Å². The average Bonchev–Trinajstić information content (AvgIpc) is 2.46. The molecule has 2 rings (SSSR count). The Hall–Kier alpha value is -1.35. The van der Waals surface area contributed by atoms with Crippen LogP contribution < -0.4 is 0 Å². The van der Waals surface area contributed by atoms with Crippen LogP contribution in [-0.2, 0) is 11.3 Å². The fraction of sp³-hybridized carbons (Fsp3) is 0.200. The van der Waals surface area contributed by atoms with Gasteiger partial charge in [-0.15, -0.1) is 0 Å². The van der Waals surface area contributed by atoms with Crippen molar-refractivity contribution in [2.24, 2.45) is 0 Å². The van der Waals surface area contributed by atoms with Crippen LogP contribution in [0.25, 0.3) is 0 Å². The topological polar surface area (TPSA) is 37.4 Å². The van der Waals surface area contributed by atoms with E-state index in [1.165, 1.54) is 11.8 Å². The molecule has 2 amide bonds. The molecule has 0 atom stereocenters. The standard InChI is InChI=1S/C10H8ClNO2/c1-6(13)12-5-8-7(10(12)14)3-2-4-9(8)11/h2-4H,5H2,1H3. The van der Waals surface area contributed by atoms with Gasteiger partial charge in [-0.3, -0.25) is 14.5 Å². The predicted octanol–water partition coefficient (Wildman–Crippen LogP) is 1.84. The van der Waals surface area contributed by atoms with Gasteiger partial charge in [-0.1, -0.05) is 17.7 Å². The molecule has 0 unspecified atom stereocenters. The van der Waals surface area contributed by atoms with E-state index in [4.69, 9.17) is 11.6 Å². The summed E-state index contributed by atoms with van der Waals surface area (Å²) in [6.07, 6.45) is 0. The number of halogens is 1. The number of amides is 2. The minimum Gasteiger partial charge on any atom is -0.275 e. The molecule has 0 spiro atoms. The van der Waals surface area contributed by atoms with Gasteiger partial charge in [0.25, 0.3) is 5.91 Å². The Labute approximate surface area is 86.3 Å². The molecular formula is C10H8ClNO2. The van der Waals surface area contributed by atoms with E-state index in [0.717, 1.165) is 5.56 Å². The van der Waals surface area contributed by atoms with E-state index in [1.54, 1.807) is 18.2 Å². The maximum Gasteiger partial charge on any atom is 0.261 e. The quantitative estimate of drug-likeness (QED) is 0.654. The Balaban J connectivity index is 2.50. The fourth-order valence-electron chi connectivity index (χ4n) is 1.55. The molecular weight excluding hydrogens is 202 g/mol. The Morgan fingerprint density at radius 2 is 2.21 bits per heavy atom. The smallest absolute Gasteiger partial charge is 0.261 e. The van der Waals surface area contributed by atoms with Gasteiger partial charge in [0, 0.05) is 23.1 Å². The minimum absolute atomic E-state index is 0.248. The first kappa shape index (κ1) is 9.21. The van der Waals surface area contributed by atoms with Gasteiger partial charge in [0.1, 0.15) is 0 Å². The number of nitrogens with zero attached hydrogens (tertiary/aromatic N) is 1. The summed E-state index contributed by atoms with van der Waals surface area (Å²) >= 11 is 5.91. The highest BCUT2D eigenvalue weighted by Crippen LogP contribution is 2.28. The van der Waals surface area contributed by atoms with Crippen molar-refractivity contribution >= 4 is 23.4 Å². The van der Waals surface area contributed by atoms with Gasteiger partial charge < -0.3 is 0 Å². The van der Waals surface area contributed by atoms with E-state index in [-0.39, 0.29) is 11.8 Å². The third-order valence-corrected chi connectivity index (χ3v) is 2.64. The summed E-state index contributed by atoms with van der Waals surface area (Å²) in [5.74, 6) is -0.503. The lowest BCUT2D eigenvalue weighted by Crippen LogP contribution is -2.28. The van der Waals surface area contributed by atoms with Crippen molar-refractivity contribution in [3.8, 4) is 0 Å². The molecule has 3 nitrogen and oxygen atoms in total. The molecule has 4 heteroatoms.